The molecule has 2 heterocycles. The molecule has 5 heteroatoms. The molecule has 0 bridgehead atoms. The smallest absolute Gasteiger partial charge is 0.213 e. The van der Waals surface area contributed by atoms with Gasteiger partial charge in [-0.1, -0.05) is 72.6 Å². The highest BCUT2D eigenvalue weighted by atomic mass is 35.5. The summed E-state index contributed by atoms with van der Waals surface area (Å²) in [4.78, 5) is 6.79. The number of rotatable bonds is 6. The van der Waals surface area contributed by atoms with Crippen LogP contribution in [0.3, 0.4) is 0 Å². The minimum atomic E-state index is -0.0517. The van der Waals surface area contributed by atoms with Crippen LogP contribution in [0.2, 0.25) is 10.0 Å². The van der Waals surface area contributed by atoms with Gasteiger partial charge in [0.2, 0.25) is 5.88 Å². The van der Waals surface area contributed by atoms with Gasteiger partial charge in [0.15, 0.2) is 0 Å². The minimum absolute atomic E-state index is 0.0517. The first-order valence-electron chi connectivity index (χ1n) is 9.78. The van der Waals surface area contributed by atoms with E-state index in [1.807, 2.05) is 18.2 Å². The highest BCUT2D eigenvalue weighted by molar-refractivity contribution is 6.30. The van der Waals surface area contributed by atoms with Gasteiger partial charge in [-0.15, -0.1) is 0 Å². The Morgan fingerprint density at radius 3 is 2.41 bits per heavy atom. The first-order chi connectivity index (χ1) is 14.0. The number of halogens is 2. The first kappa shape index (κ1) is 20.2. The van der Waals surface area contributed by atoms with Gasteiger partial charge in [-0.05, 0) is 29.3 Å². The van der Waals surface area contributed by atoms with Crippen molar-refractivity contribution in [3.63, 3.8) is 0 Å². The van der Waals surface area contributed by atoms with E-state index in [0.29, 0.717) is 23.4 Å². The van der Waals surface area contributed by atoms with Crippen LogP contribution in [-0.4, -0.2) is 29.6 Å². The van der Waals surface area contributed by atoms with Crippen molar-refractivity contribution in [2.24, 2.45) is 5.41 Å². The van der Waals surface area contributed by atoms with Gasteiger partial charge < -0.3 is 4.74 Å². The van der Waals surface area contributed by atoms with Crippen molar-refractivity contribution < 1.29 is 4.74 Å². The number of pyridine rings is 1. The fourth-order valence-corrected chi connectivity index (χ4v) is 4.40. The quantitative estimate of drug-likeness (QED) is 0.477. The van der Waals surface area contributed by atoms with Crippen LogP contribution in [0.1, 0.15) is 24.0 Å². The molecule has 0 radical (unpaired) electrons. The summed E-state index contributed by atoms with van der Waals surface area (Å²) in [6, 6.07) is 22.4. The zero-order valence-corrected chi connectivity index (χ0v) is 17.9. The summed E-state index contributed by atoms with van der Waals surface area (Å²) in [7, 11) is 0. The zero-order valence-electron chi connectivity index (χ0n) is 16.4. The van der Waals surface area contributed by atoms with Crippen molar-refractivity contribution in [3.05, 3.63) is 94.1 Å². The van der Waals surface area contributed by atoms with Gasteiger partial charge in [0.1, 0.15) is 0 Å². The number of aromatic nitrogens is 1. The van der Waals surface area contributed by atoms with E-state index in [-0.39, 0.29) is 5.41 Å². The lowest BCUT2D eigenvalue weighted by atomic mass is 9.77. The number of hydrogen-bond acceptors (Lipinski definition) is 3. The molecule has 0 spiro atoms. The first-order valence-corrected chi connectivity index (χ1v) is 10.5. The third-order valence-corrected chi connectivity index (χ3v) is 6.11. The molecule has 4 rings (SSSR count). The second kappa shape index (κ2) is 8.74. The van der Waals surface area contributed by atoms with Gasteiger partial charge in [-0.2, -0.15) is 0 Å². The van der Waals surface area contributed by atoms with Crippen LogP contribution in [0.5, 0.6) is 5.88 Å². The van der Waals surface area contributed by atoms with Crippen LogP contribution in [-0.2, 0) is 6.54 Å². The topological polar surface area (TPSA) is 25.4 Å². The predicted molar refractivity (Wildman–Crippen MR) is 119 cm³/mol. The van der Waals surface area contributed by atoms with Gasteiger partial charge in [0.25, 0.3) is 0 Å². The Balaban J connectivity index is 1.54. The molecule has 29 heavy (non-hydrogen) atoms. The van der Waals surface area contributed by atoms with E-state index in [1.54, 1.807) is 12.3 Å². The van der Waals surface area contributed by atoms with Gasteiger partial charge >= 0.3 is 0 Å². The van der Waals surface area contributed by atoms with Crippen molar-refractivity contribution >= 4 is 23.2 Å². The number of benzene rings is 2. The number of likely N-dealkylation sites (tertiary alicyclic amines) is 1. The number of ether oxygens (including phenoxy) is 1. The Bertz CT molecular complexity index is 931. The van der Waals surface area contributed by atoms with E-state index in [4.69, 9.17) is 27.9 Å². The largest absolute Gasteiger partial charge is 0.477 e. The molecule has 1 fully saturated rings. The Morgan fingerprint density at radius 1 is 1.00 bits per heavy atom. The average Bonchev–Trinajstić information content (AvgIpc) is 3.05. The van der Waals surface area contributed by atoms with E-state index in [9.17, 15) is 0 Å². The Morgan fingerprint density at radius 2 is 1.72 bits per heavy atom. The predicted octanol–water partition coefficient (Wildman–Crippen LogP) is 6.07. The SMILES string of the molecule is C[C@]1(COc2ccc(Cl)cn2)CN(Cc2ccccc2)C[C@@H]1c1ccc(Cl)cc1. The van der Waals surface area contributed by atoms with Crippen molar-refractivity contribution in [2.75, 3.05) is 19.7 Å². The molecule has 1 aliphatic heterocycles. The second-order valence-electron chi connectivity index (χ2n) is 8.02. The lowest BCUT2D eigenvalue weighted by Crippen LogP contribution is -2.33. The summed E-state index contributed by atoms with van der Waals surface area (Å²) in [6.07, 6.45) is 1.62. The van der Waals surface area contributed by atoms with Crippen LogP contribution in [0, 0.1) is 5.41 Å². The maximum Gasteiger partial charge on any atom is 0.213 e. The maximum atomic E-state index is 6.13. The van der Waals surface area contributed by atoms with Crippen LogP contribution >= 0.6 is 23.2 Å². The van der Waals surface area contributed by atoms with Crippen LogP contribution in [0.4, 0.5) is 0 Å². The Kier molecular flexibility index (Phi) is 6.09. The summed E-state index contributed by atoms with van der Waals surface area (Å²) in [5.41, 5.74) is 2.57. The third kappa shape index (κ3) is 4.92. The van der Waals surface area contributed by atoms with Crippen molar-refractivity contribution in [2.45, 2.75) is 19.4 Å². The van der Waals surface area contributed by atoms with E-state index >= 15 is 0 Å². The third-order valence-electron chi connectivity index (χ3n) is 5.64. The van der Waals surface area contributed by atoms with Crippen molar-refractivity contribution in [3.8, 4) is 5.88 Å². The summed E-state index contributed by atoms with van der Waals surface area (Å²) in [5, 5.41) is 1.37. The fourth-order valence-electron chi connectivity index (χ4n) is 4.16. The maximum absolute atomic E-state index is 6.13. The van der Waals surface area contributed by atoms with E-state index in [2.05, 4.69) is 59.3 Å². The van der Waals surface area contributed by atoms with Gasteiger partial charge in [0, 0.05) is 48.3 Å². The van der Waals surface area contributed by atoms with E-state index in [1.165, 1.54) is 11.1 Å². The van der Waals surface area contributed by atoms with Crippen LogP contribution < -0.4 is 4.74 Å². The second-order valence-corrected chi connectivity index (χ2v) is 8.89. The number of nitrogens with zero attached hydrogens (tertiary/aromatic N) is 2. The highest BCUT2D eigenvalue weighted by Gasteiger charge is 2.44. The van der Waals surface area contributed by atoms with Gasteiger partial charge in [0.05, 0.1) is 11.6 Å². The summed E-state index contributed by atoms with van der Waals surface area (Å²) in [5.74, 6) is 0.947. The van der Waals surface area contributed by atoms with Crippen molar-refractivity contribution in [1.82, 2.24) is 9.88 Å². The molecule has 0 unspecified atom stereocenters. The summed E-state index contributed by atoms with van der Waals surface area (Å²) in [6.45, 7) is 5.74. The lowest BCUT2D eigenvalue weighted by molar-refractivity contribution is 0.145. The number of hydrogen-bond donors (Lipinski definition) is 0. The fraction of sp³-hybridized carbons (Fsp3) is 0.292. The van der Waals surface area contributed by atoms with Gasteiger partial charge in [-0.25, -0.2) is 4.98 Å². The Labute approximate surface area is 182 Å². The average molecular weight is 427 g/mol. The van der Waals surface area contributed by atoms with E-state index < -0.39 is 0 Å². The molecule has 2 atom stereocenters. The van der Waals surface area contributed by atoms with E-state index in [0.717, 1.165) is 24.7 Å². The molecule has 3 nitrogen and oxygen atoms in total. The monoisotopic (exact) mass is 426 g/mol. The molecule has 1 saturated heterocycles. The molecule has 0 saturated carbocycles. The normalized spacial score (nSPS) is 22.0. The molecular weight excluding hydrogens is 403 g/mol. The molecule has 3 aromatic rings. The Hall–Kier alpha value is -2.07. The van der Waals surface area contributed by atoms with Gasteiger partial charge in [-0.3, -0.25) is 4.90 Å². The molecule has 0 aliphatic carbocycles. The van der Waals surface area contributed by atoms with Crippen LogP contribution in [0.25, 0.3) is 0 Å². The highest BCUT2D eigenvalue weighted by Crippen LogP contribution is 2.43. The molecule has 2 aromatic carbocycles. The molecule has 1 aromatic heterocycles. The lowest BCUT2D eigenvalue weighted by Gasteiger charge is -2.30. The van der Waals surface area contributed by atoms with Crippen LogP contribution in [0.15, 0.2) is 72.9 Å². The standard InChI is InChI=1S/C24H24Cl2N2O/c1-24(17-29-23-12-11-21(26)13-27-23)16-28(14-18-5-3-2-4-6-18)15-22(24)19-7-9-20(25)10-8-19/h2-13,22H,14-17H2,1H3/t22-,24-/m1/s1. The molecule has 0 N–H and O–H groups in total. The van der Waals surface area contributed by atoms with Crippen molar-refractivity contribution in [1.29, 1.82) is 0 Å². The summed E-state index contributed by atoms with van der Waals surface area (Å²) < 4.78 is 6.10. The zero-order chi connectivity index (χ0) is 20.3. The summed E-state index contributed by atoms with van der Waals surface area (Å²) >= 11 is 12.1. The minimum Gasteiger partial charge on any atom is -0.477 e. The molecule has 0 amide bonds. The molecule has 150 valence electrons. The molecular formula is C24H24Cl2N2O. The molecule has 1 aliphatic rings.